The zero-order chi connectivity index (χ0) is 12.4. The van der Waals surface area contributed by atoms with Gasteiger partial charge in [-0.2, -0.15) is 0 Å². The number of nitro benzene ring substituents is 1. The van der Waals surface area contributed by atoms with Crippen molar-refractivity contribution >= 4 is 17.4 Å². The molecular weight excluding hydrogens is 226 g/mol. The molecule has 0 aromatic heterocycles. The number of rotatable bonds is 3. The van der Waals surface area contributed by atoms with E-state index < -0.39 is 16.8 Å². The van der Waals surface area contributed by atoms with Gasteiger partial charge in [0, 0.05) is 12.1 Å². The maximum Gasteiger partial charge on any atom is 0.317 e. The monoisotopic (exact) mass is 235 g/mol. The highest BCUT2D eigenvalue weighted by atomic mass is 16.6. The van der Waals surface area contributed by atoms with E-state index in [1.54, 1.807) is 0 Å². The Morgan fingerprint density at radius 1 is 1.29 bits per heavy atom. The summed E-state index contributed by atoms with van der Waals surface area (Å²) in [6.45, 7) is -0.170. The Bertz CT molecular complexity index is 463. The zero-order valence-corrected chi connectivity index (χ0v) is 8.79. The summed E-state index contributed by atoms with van der Waals surface area (Å²) in [4.78, 5) is 32.5. The zero-order valence-electron chi connectivity index (χ0n) is 8.79. The lowest BCUT2D eigenvalue weighted by molar-refractivity contribution is -0.384. The molecule has 17 heavy (non-hydrogen) atoms. The number of cyclic esters (lactones) is 1. The molecule has 1 aromatic carbocycles. The largest absolute Gasteiger partial charge is 0.457 e. The third-order valence-electron chi connectivity index (χ3n) is 2.62. The highest BCUT2D eigenvalue weighted by molar-refractivity contribution is 6.04. The predicted molar refractivity (Wildman–Crippen MR) is 56.3 cm³/mol. The lowest BCUT2D eigenvalue weighted by Crippen LogP contribution is -2.18. The first kappa shape index (κ1) is 11.3. The number of benzene rings is 1. The molecule has 1 heterocycles. The van der Waals surface area contributed by atoms with E-state index in [1.807, 2.05) is 0 Å². The SMILES string of the molecule is O=C1COC(=O)C1Cc1ccc([N+](=O)[O-])cc1. The molecule has 1 saturated heterocycles. The Balaban J connectivity index is 2.11. The van der Waals surface area contributed by atoms with Crippen molar-refractivity contribution in [2.75, 3.05) is 6.61 Å². The van der Waals surface area contributed by atoms with Crippen LogP contribution in [0, 0.1) is 16.0 Å². The molecule has 0 spiro atoms. The Morgan fingerprint density at radius 3 is 2.41 bits per heavy atom. The molecule has 1 aliphatic heterocycles. The number of ketones is 1. The third kappa shape index (κ3) is 2.30. The molecule has 1 fully saturated rings. The van der Waals surface area contributed by atoms with E-state index in [0.29, 0.717) is 5.56 Å². The number of hydrogen-bond donors (Lipinski definition) is 0. The van der Waals surface area contributed by atoms with Crippen molar-refractivity contribution in [2.45, 2.75) is 6.42 Å². The average molecular weight is 235 g/mol. The van der Waals surface area contributed by atoms with Gasteiger partial charge in [0.1, 0.15) is 5.92 Å². The van der Waals surface area contributed by atoms with E-state index in [2.05, 4.69) is 4.74 Å². The van der Waals surface area contributed by atoms with Gasteiger partial charge in [-0.1, -0.05) is 12.1 Å². The van der Waals surface area contributed by atoms with E-state index in [9.17, 15) is 19.7 Å². The van der Waals surface area contributed by atoms with Crippen LogP contribution in [-0.2, 0) is 20.7 Å². The Morgan fingerprint density at radius 2 is 1.94 bits per heavy atom. The van der Waals surface area contributed by atoms with Crippen molar-refractivity contribution in [2.24, 2.45) is 5.92 Å². The first-order valence-corrected chi connectivity index (χ1v) is 5.00. The summed E-state index contributed by atoms with van der Waals surface area (Å²) < 4.78 is 4.62. The summed E-state index contributed by atoms with van der Waals surface area (Å²) in [6.07, 6.45) is 0.232. The molecule has 0 N–H and O–H groups in total. The Kier molecular flexibility index (Phi) is 2.86. The molecule has 0 aliphatic carbocycles. The quantitative estimate of drug-likeness (QED) is 0.336. The molecule has 2 rings (SSSR count). The fourth-order valence-corrected chi connectivity index (χ4v) is 1.66. The smallest absolute Gasteiger partial charge is 0.317 e. The van der Waals surface area contributed by atoms with Gasteiger partial charge in [0.25, 0.3) is 5.69 Å². The Hall–Kier alpha value is -2.24. The number of Topliss-reactive ketones (excluding diaryl/α,β-unsaturated/α-hetero) is 1. The predicted octanol–water partition coefficient (Wildman–Crippen LogP) is 0.879. The minimum absolute atomic E-state index is 0.0194. The van der Waals surface area contributed by atoms with Gasteiger partial charge in [0.2, 0.25) is 0 Å². The standard InChI is InChI=1S/C11H9NO5/c13-10-6-17-11(14)9(10)5-7-1-3-8(4-2-7)12(15)16/h1-4,9H,5-6H2. The average Bonchev–Trinajstić information content (AvgIpc) is 2.61. The van der Waals surface area contributed by atoms with Crippen molar-refractivity contribution in [1.29, 1.82) is 0 Å². The van der Waals surface area contributed by atoms with Gasteiger partial charge < -0.3 is 4.74 Å². The molecule has 1 aromatic rings. The van der Waals surface area contributed by atoms with Crippen molar-refractivity contribution in [3.8, 4) is 0 Å². The fourth-order valence-electron chi connectivity index (χ4n) is 1.66. The van der Waals surface area contributed by atoms with Crippen LogP contribution in [0.4, 0.5) is 5.69 Å². The highest BCUT2D eigenvalue weighted by Crippen LogP contribution is 2.19. The first-order chi connectivity index (χ1) is 8.08. The van der Waals surface area contributed by atoms with Crippen LogP contribution in [0.2, 0.25) is 0 Å². The minimum Gasteiger partial charge on any atom is -0.457 e. The van der Waals surface area contributed by atoms with Crippen LogP contribution in [0.5, 0.6) is 0 Å². The van der Waals surface area contributed by atoms with Crippen molar-refractivity contribution < 1.29 is 19.2 Å². The van der Waals surface area contributed by atoms with Crippen LogP contribution in [0.15, 0.2) is 24.3 Å². The van der Waals surface area contributed by atoms with E-state index in [-0.39, 0.29) is 24.5 Å². The van der Waals surface area contributed by atoms with E-state index in [1.165, 1.54) is 24.3 Å². The lowest BCUT2D eigenvalue weighted by atomic mass is 9.97. The first-order valence-electron chi connectivity index (χ1n) is 5.00. The van der Waals surface area contributed by atoms with Crippen LogP contribution in [0.3, 0.4) is 0 Å². The third-order valence-corrected chi connectivity index (χ3v) is 2.62. The van der Waals surface area contributed by atoms with E-state index in [0.717, 1.165) is 0 Å². The second kappa shape index (κ2) is 4.32. The van der Waals surface area contributed by atoms with Gasteiger partial charge in [0.05, 0.1) is 4.92 Å². The maximum atomic E-state index is 11.3. The molecule has 1 unspecified atom stereocenters. The van der Waals surface area contributed by atoms with Gasteiger partial charge in [-0.15, -0.1) is 0 Å². The van der Waals surface area contributed by atoms with Crippen LogP contribution in [0.25, 0.3) is 0 Å². The molecule has 0 saturated carbocycles. The summed E-state index contributed by atoms with van der Waals surface area (Å²) in [5.41, 5.74) is 0.682. The van der Waals surface area contributed by atoms with Crippen molar-refractivity contribution in [1.82, 2.24) is 0 Å². The minimum atomic E-state index is -0.767. The molecule has 1 atom stereocenters. The van der Waals surface area contributed by atoms with Crippen LogP contribution in [0.1, 0.15) is 5.56 Å². The number of carbonyl (C=O) groups is 2. The molecule has 6 nitrogen and oxygen atoms in total. The molecular formula is C11H9NO5. The summed E-state index contributed by atoms with van der Waals surface area (Å²) >= 11 is 0. The molecule has 0 radical (unpaired) electrons. The van der Waals surface area contributed by atoms with Gasteiger partial charge >= 0.3 is 5.97 Å². The highest BCUT2D eigenvalue weighted by Gasteiger charge is 2.35. The second-order valence-electron chi connectivity index (χ2n) is 3.75. The van der Waals surface area contributed by atoms with Crippen molar-refractivity contribution in [3.05, 3.63) is 39.9 Å². The second-order valence-corrected chi connectivity index (χ2v) is 3.75. The van der Waals surface area contributed by atoms with Crippen LogP contribution < -0.4 is 0 Å². The molecule has 1 aliphatic rings. The van der Waals surface area contributed by atoms with Gasteiger partial charge in [-0.25, -0.2) is 0 Å². The summed E-state index contributed by atoms with van der Waals surface area (Å²) in [6, 6.07) is 5.77. The normalized spacial score (nSPS) is 19.2. The van der Waals surface area contributed by atoms with Gasteiger partial charge in [0.15, 0.2) is 12.4 Å². The summed E-state index contributed by atoms with van der Waals surface area (Å²) in [7, 11) is 0. The van der Waals surface area contributed by atoms with Crippen LogP contribution in [-0.4, -0.2) is 23.3 Å². The number of esters is 1. The number of nitro groups is 1. The maximum absolute atomic E-state index is 11.3. The van der Waals surface area contributed by atoms with E-state index >= 15 is 0 Å². The summed E-state index contributed by atoms with van der Waals surface area (Å²) in [5.74, 6) is -1.53. The number of non-ortho nitro benzene ring substituents is 1. The topological polar surface area (TPSA) is 86.5 Å². The molecule has 0 amide bonds. The van der Waals surface area contributed by atoms with E-state index in [4.69, 9.17) is 0 Å². The fraction of sp³-hybridized carbons (Fsp3) is 0.273. The molecule has 6 heteroatoms. The lowest BCUT2D eigenvalue weighted by Gasteiger charge is -2.03. The number of hydrogen-bond acceptors (Lipinski definition) is 5. The van der Waals surface area contributed by atoms with Crippen LogP contribution >= 0.6 is 0 Å². The van der Waals surface area contributed by atoms with Gasteiger partial charge in [-0.05, 0) is 12.0 Å². The number of carbonyl (C=O) groups excluding carboxylic acids is 2. The molecule has 88 valence electrons. The Labute approximate surface area is 96.3 Å². The number of ether oxygens (including phenoxy) is 1. The van der Waals surface area contributed by atoms with Gasteiger partial charge in [-0.3, -0.25) is 19.7 Å². The van der Waals surface area contributed by atoms with Crippen molar-refractivity contribution in [3.63, 3.8) is 0 Å². The molecule has 0 bridgehead atoms. The summed E-state index contributed by atoms with van der Waals surface area (Å²) in [5, 5.41) is 10.4. The number of nitrogens with zero attached hydrogens (tertiary/aromatic N) is 1.